The molecule has 1 heterocycles. The van der Waals surface area contributed by atoms with Crippen molar-refractivity contribution in [3.05, 3.63) is 16.1 Å². The Morgan fingerprint density at radius 1 is 1.61 bits per heavy atom. The Kier molecular flexibility index (Phi) is 6.11. The molecule has 0 fully saturated rings. The van der Waals surface area contributed by atoms with Gasteiger partial charge in [-0.15, -0.1) is 11.3 Å². The molecule has 1 rings (SSSR count). The molecular weight excluding hydrogens is 268 g/mol. The Balaban J connectivity index is 2.09. The molecule has 4 nitrogen and oxygen atoms in total. The van der Waals surface area contributed by atoms with Crippen LogP contribution in [-0.2, 0) is 10.5 Å². The number of hydrogen-bond donors (Lipinski definition) is 2. The summed E-state index contributed by atoms with van der Waals surface area (Å²) in [5, 5.41) is 15.3. The molecule has 0 aliphatic carbocycles. The topological polar surface area (TPSA) is 62.2 Å². The Bertz CT molecular complexity index is 386. The van der Waals surface area contributed by atoms with E-state index in [1.54, 1.807) is 36.9 Å². The highest BCUT2D eigenvalue weighted by molar-refractivity contribution is 7.98. The van der Waals surface area contributed by atoms with Gasteiger partial charge in [0.1, 0.15) is 0 Å². The predicted octanol–water partition coefficient (Wildman–Crippen LogP) is 1.96. The van der Waals surface area contributed by atoms with Gasteiger partial charge in [0, 0.05) is 29.9 Å². The summed E-state index contributed by atoms with van der Waals surface area (Å²) in [6.45, 7) is 5.63. The highest BCUT2D eigenvalue weighted by atomic mass is 32.2. The lowest BCUT2D eigenvalue weighted by atomic mass is 10.1. The second kappa shape index (κ2) is 7.11. The quantitative estimate of drug-likeness (QED) is 0.753. The van der Waals surface area contributed by atoms with E-state index in [1.807, 2.05) is 6.92 Å². The van der Waals surface area contributed by atoms with Crippen molar-refractivity contribution in [3.63, 3.8) is 0 Å². The van der Waals surface area contributed by atoms with Gasteiger partial charge in [-0.1, -0.05) is 0 Å². The number of aromatic nitrogens is 1. The van der Waals surface area contributed by atoms with Crippen LogP contribution < -0.4 is 5.32 Å². The third kappa shape index (κ3) is 6.98. The van der Waals surface area contributed by atoms with Crippen LogP contribution in [0.4, 0.5) is 0 Å². The number of nitrogens with zero attached hydrogens (tertiary/aromatic N) is 1. The summed E-state index contributed by atoms with van der Waals surface area (Å²) >= 11 is 3.35. The molecule has 0 bridgehead atoms. The minimum atomic E-state index is -0.846. The Hall–Kier alpha value is -0.590. The first kappa shape index (κ1) is 15.5. The minimum Gasteiger partial charge on any atom is -0.389 e. The van der Waals surface area contributed by atoms with E-state index in [1.165, 1.54) is 0 Å². The molecule has 0 unspecified atom stereocenters. The SMILES string of the molecule is Cc1nc(CSCCC(=O)NCC(C)(C)O)cs1. The van der Waals surface area contributed by atoms with Gasteiger partial charge in [-0.3, -0.25) is 4.79 Å². The number of aryl methyl sites for hydroxylation is 1. The van der Waals surface area contributed by atoms with Crippen molar-refractivity contribution < 1.29 is 9.90 Å². The molecule has 0 aliphatic rings. The Morgan fingerprint density at radius 2 is 2.33 bits per heavy atom. The van der Waals surface area contributed by atoms with Crippen molar-refractivity contribution in [2.24, 2.45) is 0 Å². The zero-order valence-corrected chi connectivity index (χ0v) is 12.7. The molecule has 18 heavy (non-hydrogen) atoms. The number of carbonyl (C=O) groups excluding carboxylic acids is 1. The summed E-state index contributed by atoms with van der Waals surface area (Å²) < 4.78 is 0. The molecule has 0 radical (unpaired) electrons. The van der Waals surface area contributed by atoms with Gasteiger partial charge in [0.2, 0.25) is 5.91 Å². The zero-order valence-electron chi connectivity index (χ0n) is 11.0. The maximum atomic E-state index is 11.5. The zero-order chi connectivity index (χ0) is 13.6. The van der Waals surface area contributed by atoms with E-state index in [0.29, 0.717) is 13.0 Å². The first-order chi connectivity index (χ1) is 8.37. The lowest BCUT2D eigenvalue weighted by Gasteiger charge is -2.17. The van der Waals surface area contributed by atoms with Crippen molar-refractivity contribution in [1.82, 2.24) is 10.3 Å². The number of amides is 1. The molecule has 1 aromatic rings. The fraction of sp³-hybridized carbons (Fsp3) is 0.667. The van der Waals surface area contributed by atoms with Crippen LogP contribution in [0.15, 0.2) is 5.38 Å². The van der Waals surface area contributed by atoms with Gasteiger partial charge in [0.25, 0.3) is 0 Å². The van der Waals surface area contributed by atoms with Crippen LogP contribution >= 0.6 is 23.1 Å². The monoisotopic (exact) mass is 288 g/mol. The summed E-state index contributed by atoms with van der Waals surface area (Å²) in [4.78, 5) is 15.8. The average molecular weight is 288 g/mol. The predicted molar refractivity (Wildman–Crippen MR) is 76.9 cm³/mol. The Labute approximate surface area is 116 Å². The third-order valence-electron chi connectivity index (χ3n) is 2.11. The fourth-order valence-corrected chi connectivity index (χ4v) is 2.77. The minimum absolute atomic E-state index is 0.0147. The van der Waals surface area contributed by atoms with E-state index in [4.69, 9.17) is 0 Å². The normalized spacial score (nSPS) is 11.6. The van der Waals surface area contributed by atoms with Crippen molar-refractivity contribution in [2.75, 3.05) is 12.3 Å². The van der Waals surface area contributed by atoms with Crippen LogP contribution in [0.3, 0.4) is 0 Å². The molecule has 0 saturated carbocycles. The van der Waals surface area contributed by atoms with Gasteiger partial charge < -0.3 is 10.4 Å². The number of aliphatic hydroxyl groups is 1. The van der Waals surface area contributed by atoms with Crippen LogP contribution in [0, 0.1) is 6.92 Å². The number of carbonyl (C=O) groups is 1. The first-order valence-electron chi connectivity index (χ1n) is 5.85. The third-order valence-corrected chi connectivity index (χ3v) is 3.92. The van der Waals surface area contributed by atoms with E-state index in [2.05, 4.69) is 15.7 Å². The van der Waals surface area contributed by atoms with Crippen molar-refractivity contribution in [1.29, 1.82) is 0 Å². The summed E-state index contributed by atoms with van der Waals surface area (Å²) in [5.41, 5.74) is 0.236. The highest BCUT2D eigenvalue weighted by Gasteiger charge is 2.13. The lowest BCUT2D eigenvalue weighted by molar-refractivity contribution is -0.121. The van der Waals surface area contributed by atoms with Gasteiger partial charge in [-0.05, 0) is 20.8 Å². The van der Waals surface area contributed by atoms with E-state index < -0.39 is 5.60 Å². The van der Waals surface area contributed by atoms with E-state index in [-0.39, 0.29) is 5.91 Å². The maximum Gasteiger partial charge on any atom is 0.220 e. The summed E-state index contributed by atoms with van der Waals surface area (Å²) in [5.74, 6) is 1.61. The molecule has 2 N–H and O–H groups in total. The summed E-state index contributed by atoms with van der Waals surface area (Å²) in [7, 11) is 0. The van der Waals surface area contributed by atoms with Gasteiger partial charge in [-0.2, -0.15) is 11.8 Å². The van der Waals surface area contributed by atoms with Gasteiger partial charge in [-0.25, -0.2) is 4.98 Å². The maximum absolute atomic E-state index is 11.5. The van der Waals surface area contributed by atoms with Crippen molar-refractivity contribution in [3.8, 4) is 0 Å². The molecule has 0 spiro atoms. The van der Waals surface area contributed by atoms with Crippen LogP contribution in [0.25, 0.3) is 0 Å². The molecule has 6 heteroatoms. The second-order valence-corrected chi connectivity index (χ2v) is 6.92. The standard InChI is InChI=1S/C12H20N2O2S2/c1-9-14-10(7-18-9)6-17-5-4-11(15)13-8-12(2,3)16/h7,16H,4-6,8H2,1-3H3,(H,13,15). The molecule has 0 aromatic carbocycles. The average Bonchev–Trinajstić information content (AvgIpc) is 2.67. The molecule has 0 aliphatic heterocycles. The van der Waals surface area contributed by atoms with Crippen LogP contribution in [0.2, 0.25) is 0 Å². The molecule has 0 saturated heterocycles. The number of hydrogen-bond acceptors (Lipinski definition) is 5. The number of thiazole rings is 1. The van der Waals surface area contributed by atoms with Crippen LogP contribution in [0.1, 0.15) is 31.0 Å². The van der Waals surface area contributed by atoms with Crippen LogP contribution in [-0.4, -0.2) is 33.9 Å². The largest absolute Gasteiger partial charge is 0.389 e. The molecule has 1 amide bonds. The Morgan fingerprint density at radius 3 is 2.89 bits per heavy atom. The summed E-state index contributed by atoms with van der Waals surface area (Å²) in [6, 6.07) is 0. The number of rotatable bonds is 7. The van der Waals surface area contributed by atoms with Gasteiger partial charge in [0.15, 0.2) is 0 Å². The number of nitrogens with one attached hydrogen (secondary N) is 1. The van der Waals surface area contributed by atoms with Crippen LogP contribution in [0.5, 0.6) is 0 Å². The molecule has 0 atom stereocenters. The summed E-state index contributed by atoms with van der Waals surface area (Å²) in [6.07, 6.45) is 0.476. The fourth-order valence-electron chi connectivity index (χ4n) is 1.22. The first-order valence-corrected chi connectivity index (χ1v) is 7.88. The van der Waals surface area contributed by atoms with E-state index >= 15 is 0 Å². The van der Waals surface area contributed by atoms with Gasteiger partial charge >= 0.3 is 0 Å². The lowest BCUT2D eigenvalue weighted by Crippen LogP contribution is -2.38. The smallest absolute Gasteiger partial charge is 0.220 e. The van der Waals surface area contributed by atoms with Crippen molar-refractivity contribution in [2.45, 2.75) is 38.5 Å². The molecule has 1 aromatic heterocycles. The highest BCUT2D eigenvalue weighted by Crippen LogP contribution is 2.15. The number of thioether (sulfide) groups is 1. The van der Waals surface area contributed by atoms with Crippen molar-refractivity contribution >= 4 is 29.0 Å². The van der Waals surface area contributed by atoms with E-state index in [0.717, 1.165) is 22.2 Å². The van der Waals surface area contributed by atoms with Gasteiger partial charge in [0.05, 0.1) is 16.3 Å². The molecular formula is C12H20N2O2S2. The second-order valence-electron chi connectivity index (χ2n) is 4.75. The molecule has 102 valence electrons. The van der Waals surface area contributed by atoms with E-state index in [9.17, 15) is 9.90 Å².